The molecule has 0 spiro atoms. The van der Waals surface area contributed by atoms with E-state index in [0.29, 0.717) is 12.3 Å². The number of carboxylic acids is 1. The highest BCUT2D eigenvalue weighted by Crippen LogP contribution is 2.15. The van der Waals surface area contributed by atoms with E-state index in [0.717, 1.165) is 6.42 Å². The van der Waals surface area contributed by atoms with E-state index in [2.05, 4.69) is 0 Å². The van der Waals surface area contributed by atoms with Crippen LogP contribution >= 0.6 is 0 Å². The predicted octanol–water partition coefficient (Wildman–Crippen LogP) is -0.339. The Morgan fingerprint density at radius 1 is 1.44 bits per heavy atom. The van der Waals surface area contributed by atoms with Gasteiger partial charge in [-0.05, 0) is 12.3 Å². The van der Waals surface area contributed by atoms with Crippen molar-refractivity contribution in [3.63, 3.8) is 0 Å². The van der Waals surface area contributed by atoms with Crippen molar-refractivity contribution in [1.29, 1.82) is 0 Å². The Hall–Kier alpha value is -1.14. The molecule has 1 atom stereocenters. The molecule has 1 unspecified atom stereocenters. The lowest BCUT2D eigenvalue weighted by Crippen LogP contribution is -2.56. The highest BCUT2D eigenvalue weighted by molar-refractivity contribution is 5.86. The van der Waals surface area contributed by atoms with E-state index >= 15 is 0 Å². The van der Waals surface area contributed by atoms with Gasteiger partial charge in [0.25, 0.3) is 0 Å². The molecule has 0 aliphatic carbocycles. The van der Waals surface area contributed by atoms with Gasteiger partial charge in [0.05, 0.1) is 6.54 Å². The number of carbonyl (C=O) groups excluding carboxylic acids is 1. The zero-order valence-corrected chi connectivity index (χ0v) is 9.69. The van der Waals surface area contributed by atoms with Gasteiger partial charge < -0.3 is 21.3 Å². The van der Waals surface area contributed by atoms with Gasteiger partial charge in [-0.3, -0.25) is 4.79 Å². The number of hydrogen-bond acceptors (Lipinski definition) is 4. The van der Waals surface area contributed by atoms with Crippen LogP contribution in [-0.2, 0) is 9.59 Å². The van der Waals surface area contributed by atoms with Crippen molar-refractivity contribution >= 4 is 11.9 Å². The van der Waals surface area contributed by atoms with E-state index in [1.165, 1.54) is 0 Å². The molecule has 0 aliphatic heterocycles. The van der Waals surface area contributed by atoms with Gasteiger partial charge in [0.15, 0.2) is 0 Å². The highest BCUT2D eigenvalue weighted by Gasteiger charge is 2.36. The second-order valence-corrected chi connectivity index (χ2v) is 4.20. The predicted molar refractivity (Wildman–Crippen MR) is 58.5 cm³/mol. The molecule has 0 bridgehead atoms. The van der Waals surface area contributed by atoms with Crippen LogP contribution in [0.2, 0.25) is 0 Å². The Kier molecular flexibility index (Phi) is 5.98. The second-order valence-electron chi connectivity index (χ2n) is 4.20. The van der Waals surface area contributed by atoms with E-state index in [-0.39, 0.29) is 13.0 Å². The summed E-state index contributed by atoms with van der Waals surface area (Å²) < 4.78 is 0. The molecule has 5 N–H and O–H groups in total. The van der Waals surface area contributed by atoms with Crippen molar-refractivity contribution < 1.29 is 19.8 Å². The highest BCUT2D eigenvalue weighted by atomic mass is 16.4. The van der Waals surface area contributed by atoms with Gasteiger partial charge in [-0.2, -0.15) is 0 Å². The first kappa shape index (κ1) is 14.9. The number of carbonyl (C=O) groups is 2. The Morgan fingerprint density at radius 2 is 2.00 bits per heavy atom. The summed E-state index contributed by atoms with van der Waals surface area (Å²) >= 11 is 0. The SMILES string of the molecule is CC(C)CCCC(O)(NC(=O)CN)C(=O)O. The molecular formula is C10H20N2O4. The van der Waals surface area contributed by atoms with Crippen molar-refractivity contribution in [2.75, 3.05) is 6.54 Å². The van der Waals surface area contributed by atoms with Gasteiger partial charge in [-0.15, -0.1) is 0 Å². The second kappa shape index (κ2) is 6.44. The molecule has 1 amide bonds. The zero-order chi connectivity index (χ0) is 12.8. The van der Waals surface area contributed by atoms with Crippen molar-refractivity contribution in [2.24, 2.45) is 11.7 Å². The summed E-state index contributed by atoms with van der Waals surface area (Å²) in [6.45, 7) is 3.65. The summed E-state index contributed by atoms with van der Waals surface area (Å²) in [5, 5.41) is 20.6. The number of hydrogen-bond donors (Lipinski definition) is 4. The van der Waals surface area contributed by atoms with Crippen LogP contribution in [0.15, 0.2) is 0 Å². The van der Waals surface area contributed by atoms with Gasteiger partial charge in [-0.25, -0.2) is 4.79 Å². The molecule has 0 aromatic rings. The summed E-state index contributed by atoms with van der Waals surface area (Å²) in [6.07, 6.45) is 1.28. The summed E-state index contributed by atoms with van der Waals surface area (Å²) in [4.78, 5) is 21.8. The Bertz CT molecular complexity index is 255. The standard InChI is InChI=1S/C10H20N2O4/c1-7(2)4-3-5-10(16,9(14)15)12-8(13)6-11/h7,16H,3-6,11H2,1-2H3,(H,12,13)(H,14,15). The molecule has 6 heteroatoms. The molecule has 0 fully saturated rings. The minimum atomic E-state index is -2.20. The Balaban J connectivity index is 4.34. The first-order valence-electron chi connectivity index (χ1n) is 5.28. The maximum Gasteiger partial charge on any atom is 0.357 e. The van der Waals surface area contributed by atoms with Crippen molar-refractivity contribution in [1.82, 2.24) is 5.32 Å². The van der Waals surface area contributed by atoms with Crippen LogP contribution in [-0.4, -0.2) is 34.4 Å². The van der Waals surface area contributed by atoms with Gasteiger partial charge in [-0.1, -0.05) is 20.3 Å². The third kappa shape index (κ3) is 5.09. The minimum absolute atomic E-state index is 0.0216. The quantitative estimate of drug-likeness (QED) is 0.449. The van der Waals surface area contributed by atoms with Gasteiger partial charge in [0, 0.05) is 6.42 Å². The van der Waals surface area contributed by atoms with Gasteiger partial charge >= 0.3 is 5.97 Å². The van der Waals surface area contributed by atoms with Crippen LogP contribution in [0.4, 0.5) is 0 Å². The van der Waals surface area contributed by atoms with Crippen LogP contribution in [0.5, 0.6) is 0 Å². The molecule has 0 aliphatic rings. The average molecular weight is 232 g/mol. The van der Waals surface area contributed by atoms with E-state index in [9.17, 15) is 14.7 Å². The van der Waals surface area contributed by atoms with Crippen LogP contribution in [0.1, 0.15) is 33.1 Å². The molecule has 94 valence electrons. The summed E-state index contributed by atoms with van der Waals surface area (Å²) in [5.41, 5.74) is 2.84. The van der Waals surface area contributed by atoms with Crippen LogP contribution in [0.25, 0.3) is 0 Å². The first-order chi connectivity index (χ1) is 7.31. The maximum absolute atomic E-state index is 11.0. The summed E-state index contributed by atoms with van der Waals surface area (Å²) in [6, 6.07) is 0. The number of nitrogens with one attached hydrogen (secondary N) is 1. The summed E-state index contributed by atoms with van der Waals surface area (Å²) in [7, 11) is 0. The number of amides is 1. The normalized spacial score (nSPS) is 14.6. The van der Waals surface area contributed by atoms with Gasteiger partial charge in [0.1, 0.15) is 0 Å². The number of nitrogens with two attached hydrogens (primary N) is 1. The Labute approximate surface area is 94.8 Å². The number of aliphatic hydroxyl groups is 1. The van der Waals surface area contributed by atoms with Crippen molar-refractivity contribution in [3.05, 3.63) is 0 Å². The first-order valence-corrected chi connectivity index (χ1v) is 5.28. The largest absolute Gasteiger partial charge is 0.478 e. The smallest absolute Gasteiger partial charge is 0.357 e. The van der Waals surface area contributed by atoms with Crippen molar-refractivity contribution in [3.8, 4) is 0 Å². The molecule has 0 radical (unpaired) electrons. The Morgan fingerprint density at radius 3 is 2.38 bits per heavy atom. The molecule has 0 saturated carbocycles. The summed E-state index contributed by atoms with van der Waals surface area (Å²) in [5.74, 6) is -1.73. The molecule has 0 aromatic heterocycles. The van der Waals surface area contributed by atoms with E-state index < -0.39 is 17.6 Å². The third-order valence-electron chi connectivity index (χ3n) is 2.21. The molecule has 6 nitrogen and oxygen atoms in total. The topological polar surface area (TPSA) is 113 Å². The number of rotatable bonds is 7. The van der Waals surface area contributed by atoms with Gasteiger partial charge in [0.2, 0.25) is 11.6 Å². The van der Waals surface area contributed by atoms with Crippen LogP contribution in [0.3, 0.4) is 0 Å². The third-order valence-corrected chi connectivity index (χ3v) is 2.21. The van der Waals surface area contributed by atoms with Crippen LogP contribution < -0.4 is 11.1 Å². The van der Waals surface area contributed by atoms with Crippen LogP contribution in [0, 0.1) is 5.92 Å². The van der Waals surface area contributed by atoms with Crippen molar-refractivity contribution in [2.45, 2.75) is 38.8 Å². The fraction of sp³-hybridized carbons (Fsp3) is 0.800. The molecule has 16 heavy (non-hydrogen) atoms. The van der Waals surface area contributed by atoms with E-state index in [1.54, 1.807) is 0 Å². The fourth-order valence-electron chi connectivity index (χ4n) is 1.27. The number of carboxylic acid groups (broad SMARTS) is 1. The average Bonchev–Trinajstić information content (AvgIpc) is 2.16. The molecule has 0 rings (SSSR count). The van der Waals surface area contributed by atoms with E-state index in [4.69, 9.17) is 10.8 Å². The lowest BCUT2D eigenvalue weighted by atomic mass is 10.0. The lowest BCUT2D eigenvalue weighted by molar-refractivity contribution is -0.166. The molecule has 0 aromatic carbocycles. The number of aliphatic carboxylic acids is 1. The fourth-order valence-corrected chi connectivity index (χ4v) is 1.27. The molecular weight excluding hydrogens is 212 g/mol. The maximum atomic E-state index is 11.0. The lowest BCUT2D eigenvalue weighted by Gasteiger charge is -2.24. The zero-order valence-electron chi connectivity index (χ0n) is 9.69. The minimum Gasteiger partial charge on any atom is -0.478 e. The molecule has 0 heterocycles. The molecule has 0 saturated heterocycles. The van der Waals surface area contributed by atoms with E-state index in [1.807, 2.05) is 19.2 Å². The monoisotopic (exact) mass is 232 g/mol.